The molecule has 1 saturated heterocycles. The van der Waals surface area contributed by atoms with E-state index >= 15 is 0 Å². The van der Waals surface area contributed by atoms with Crippen molar-refractivity contribution in [1.82, 2.24) is 19.5 Å². The zero-order valence-electron chi connectivity index (χ0n) is 14.5. The number of methoxy groups -OCH3 is 1. The lowest BCUT2D eigenvalue weighted by Gasteiger charge is -2.15. The molecule has 3 aromatic rings. The lowest BCUT2D eigenvalue weighted by molar-refractivity contribution is -0.128. The Kier molecular flexibility index (Phi) is 4.30. The van der Waals surface area contributed by atoms with E-state index < -0.39 is 0 Å². The highest BCUT2D eigenvalue weighted by Crippen LogP contribution is 2.28. The largest absolute Gasteiger partial charge is 0.383 e. The minimum absolute atomic E-state index is 0.0735. The second-order valence-corrected chi connectivity index (χ2v) is 6.46. The minimum atomic E-state index is -0.171. The molecule has 7 heteroatoms. The first kappa shape index (κ1) is 16.5. The summed E-state index contributed by atoms with van der Waals surface area (Å²) in [6.45, 7) is 1.63. The third-order valence-corrected chi connectivity index (χ3v) is 4.80. The molecule has 1 fully saturated rings. The predicted molar refractivity (Wildman–Crippen MR) is 97.1 cm³/mol. The van der Waals surface area contributed by atoms with Gasteiger partial charge in [0.15, 0.2) is 5.65 Å². The zero-order valence-corrected chi connectivity index (χ0v) is 14.5. The van der Waals surface area contributed by atoms with E-state index in [2.05, 4.69) is 5.10 Å². The third kappa shape index (κ3) is 2.90. The van der Waals surface area contributed by atoms with Crippen molar-refractivity contribution >= 4 is 11.6 Å². The number of ether oxygens (including phenoxy) is 1. The minimum Gasteiger partial charge on any atom is -0.383 e. The van der Waals surface area contributed by atoms with Gasteiger partial charge in [-0.15, -0.1) is 0 Å². The molecule has 0 unspecified atom stereocenters. The van der Waals surface area contributed by atoms with Gasteiger partial charge in [-0.25, -0.2) is 9.50 Å². The van der Waals surface area contributed by atoms with Crippen molar-refractivity contribution < 1.29 is 9.53 Å². The van der Waals surface area contributed by atoms with Crippen molar-refractivity contribution in [1.29, 1.82) is 0 Å². The number of aromatic amines is 1. The number of hydrogen-bond donors (Lipinski definition) is 1. The molecule has 1 amide bonds. The molecule has 0 bridgehead atoms. The number of benzene rings is 1. The molecule has 0 aliphatic carbocycles. The summed E-state index contributed by atoms with van der Waals surface area (Å²) < 4.78 is 6.49. The first-order chi connectivity index (χ1) is 12.7. The Bertz CT molecular complexity index is 993. The monoisotopic (exact) mass is 352 g/mol. The molecule has 3 heterocycles. The van der Waals surface area contributed by atoms with E-state index in [1.54, 1.807) is 18.2 Å². The second kappa shape index (κ2) is 6.76. The van der Waals surface area contributed by atoms with Gasteiger partial charge < -0.3 is 9.64 Å². The lowest BCUT2D eigenvalue weighted by Crippen LogP contribution is -2.28. The van der Waals surface area contributed by atoms with Crippen molar-refractivity contribution in [3.8, 4) is 11.1 Å². The molecule has 1 atom stereocenters. The standard InChI is InChI=1S/C19H20N4O3/c1-26-8-7-22-12-14(9-17(22)24)16-10-18(25)23-19(21-16)15(11-20-23)13-5-3-2-4-6-13/h2-6,10-11,14,20H,7-9,12H2,1H3/t14-/m0/s1. The number of carbonyl (C=O) groups excluding carboxylic acids is 1. The molecule has 1 aliphatic rings. The van der Waals surface area contributed by atoms with Gasteiger partial charge in [-0.05, 0) is 5.56 Å². The maximum absolute atomic E-state index is 12.5. The fraction of sp³-hybridized carbons (Fsp3) is 0.316. The van der Waals surface area contributed by atoms with Gasteiger partial charge >= 0.3 is 0 Å². The summed E-state index contributed by atoms with van der Waals surface area (Å²) in [5.41, 5.74) is 2.93. The Morgan fingerprint density at radius 1 is 1.27 bits per heavy atom. The number of fused-ring (bicyclic) bond motifs is 1. The van der Waals surface area contributed by atoms with Gasteiger partial charge in [0.2, 0.25) is 5.91 Å². The van der Waals surface area contributed by atoms with E-state index in [1.807, 2.05) is 30.3 Å². The van der Waals surface area contributed by atoms with Crippen LogP contribution in [-0.4, -0.2) is 52.2 Å². The Labute approximate surface area is 150 Å². The van der Waals surface area contributed by atoms with Gasteiger partial charge in [-0.3, -0.25) is 14.7 Å². The Hall–Kier alpha value is -2.93. The highest BCUT2D eigenvalue weighted by Gasteiger charge is 2.31. The van der Waals surface area contributed by atoms with Crippen molar-refractivity contribution in [2.45, 2.75) is 12.3 Å². The van der Waals surface area contributed by atoms with E-state index in [4.69, 9.17) is 9.72 Å². The summed E-state index contributed by atoms with van der Waals surface area (Å²) in [6, 6.07) is 11.3. The van der Waals surface area contributed by atoms with Crippen LogP contribution in [0.5, 0.6) is 0 Å². The second-order valence-electron chi connectivity index (χ2n) is 6.46. The number of amides is 1. The maximum atomic E-state index is 12.5. The molecule has 7 nitrogen and oxygen atoms in total. The van der Waals surface area contributed by atoms with Crippen molar-refractivity contribution in [2.24, 2.45) is 0 Å². The fourth-order valence-corrected chi connectivity index (χ4v) is 3.43. The van der Waals surface area contributed by atoms with Crippen LogP contribution in [0.25, 0.3) is 16.8 Å². The van der Waals surface area contributed by atoms with E-state index in [-0.39, 0.29) is 17.4 Å². The van der Waals surface area contributed by atoms with Gasteiger partial charge in [0.1, 0.15) is 0 Å². The van der Waals surface area contributed by atoms with Gasteiger partial charge in [-0.1, -0.05) is 30.3 Å². The molecule has 1 N–H and O–H groups in total. The van der Waals surface area contributed by atoms with E-state index in [9.17, 15) is 9.59 Å². The summed E-state index contributed by atoms with van der Waals surface area (Å²) >= 11 is 0. The molecular formula is C19H20N4O3. The van der Waals surface area contributed by atoms with Crippen molar-refractivity contribution in [2.75, 3.05) is 26.8 Å². The van der Waals surface area contributed by atoms with Crippen LogP contribution in [0.1, 0.15) is 18.0 Å². The summed E-state index contributed by atoms with van der Waals surface area (Å²) in [7, 11) is 1.62. The van der Waals surface area contributed by atoms with Gasteiger partial charge in [0, 0.05) is 50.4 Å². The molecule has 4 rings (SSSR count). The third-order valence-electron chi connectivity index (χ3n) is 4.80. The van der Waals surface area contributed by atoms with Gasteiger partial charge in [-0.2, -0.15) is 0 Å². The lowest BCUT2D eigenvalue weighted by atomic mass is 10.0. The molecule has 2 aromatic heterocycles. The van der Waals surface area contributed by atoms with Crippen LogP contribution < -0.4 is 5.56 Å². The summed E-state index contributed by atoms with van der Waals surface area (Å²) in [4.78, 5) is 31.2. The number of rotatable bonds is 5. The van der Waals surface area contributed by atoms with Crippen LogP contribution in [-0.2, 0) is 9.53 Å². The summed E-state index contributed by atoms with van der Waals surface area (Å²) in [6.07, 6.45) is 2.16. The fourth-order valence-electron chi connectivity index (χ4n) is 3.43. The predicted octanol–water partition coefficient (Wildman–Crippen LogP) is 1.65. The average molecular weight is 352 g/mol. The topological polar surface area (TPSA) is 79.7 Å². The SMILES string of the molecule is COCCN1C[C@@H](c2cc(=O)n3[nH]cc(-c4ccccc4)c3n2)CC1=O. The number of hydrogen-bond acceptors (Lipinski definition) is 4. The summed E-state index contributed by atoms with van der Waals surface area (Å²) in [5.74, 6) is 0.00183. The number of nitrogens with one attached hydrogen (secondary N) is 1. The Morgan fingerprint density at radius 2 is 2.08 bits per heavy atom. The molecule has 1 aliphatic heterocycles. The number of aromatic nitrogens is 3. The summed E-state index contributed by atoms with van der Waals surface area (Å²) in [5, 5.41) is 2.97. The number of nitrogens with zero attached hydrogens (tertiary/aromatic N) is 3. The van der Waals surface area contributed by atoms with Crippen LogP contribution in [0.2, 0.25) is 0 Å². The van der Waals surface area contributed by atoms with Crippen LogP contribution in [0, 0.1) is 0 Å². The highest BCUT2D eigenvalue weighted by atomic mass is 16.5. The van der Waals surface area contributed by atoms with E-state index in [1.165, 1.54) is 10.6 Å². The van der Waals surface area contributed by atoms with Crippen LogP contribution in [0.15, 0.2) is 47.4 Å². The number of carbonyl (C=O) groups is 1. The molecular weight excluding hydrogens is 332 g/mol. The molecule has 134 valence electrons. The molecule has 0 saturated carbocycles. The number of likely N-dealkylation sites (tertiary alicyclic amines) is 1. The van der Waals surface area contributed by atoms with Gasteiger partial charge in [0.25, 0.3) is 5.56 Å². The zero-order chi connectivity index (χ0) is 18.1. The van der Waals surface area contributed by atoms with Crippen LogP contribution in [0.4, 0.5) is 0 Å². The molecule has 0 spiro atoms. The van der Waals surface area contributed by atoms with Crippen molar-refractivity contribution in [3.05, 3.63) is 58.6 Å². The van der Waals surface area contributed by atoms with E-state index in [0.29, 0.717) is 37.5 Å². The quantitative estimate of drug-likeness (QED) is 0.757. The smallest absolute Gasteiger partial charge is 0.272 e. The Morgan fingerprint density at radius 3 is 2.85 bits per heavy atom. The maximum Gasteiger partial charge on any atom is 0.272 e. The molecule has 26 heavy (non-hydrogen) atoms. The van der Waals surface area contributed by atoms with Crippen LogP contribution >= 0.6 is 0 Å². The molecule has 1 aromatic carbocycles. The number of H-pyrrole nitrogens is 1. The first-order valence-corrected chi connectivity index (χ1v) is 8.60. The van der Waals surface area contributed by atoms with Crippen LogP contribution in [0.3, 0.4) is 0 Å². The normalized spacial score (nSPS) is 17.3. The Balaban J connectivity index is 1.71. The van der Waals surface area contributed by atoms with E-state index in [0.717, 1.165) is 11.1 Å². The van der Waals surface area contributed by atoms with Crippen molar-refractivity contribution in [3.63, 3.8) is 0 Å². The van der Waals surface area contributed by atoms with Gasteiger partial charge in [0.05, 0.1) is 12.3 Å². The highest BCUT2D eigenvalue weighted by molar-refractivity contribution is 5.80. The molecule has 0 radical (unpaired) electrons. The average Bonchev–Trinajstić information content (AvgIpc) is 3.24. The first-order valence-electron chi connectivity index (χ1n) is 8.60.